The topological polar surface area (TPSA) is 65.4 Å². The molecule has 1 aromatic heterocycles. The summed E-state index contributed by atoms with van der Waals surface area (Å²) in [7, 11) is 1.80. The quantitative estimate of drug-likeness (QED) is 0.642. The molecule has 1 saturated heterocycles. The normalized spacial score (nSPS) is 18.3. The maximum absolute atomic E-state index is 4.41. The number of nitrogens with one attached hydrogen (secondary N) is 2. The van der Waals surface area contributed by atoms with Crippen LogP contribution in [0, 0.1) is 6.92 Å². The predicted octanol–water partition coefficient (Wildman–Crippen LogP) is 1.72. The third-order valence-corrected chi connectivity index (χ3v) is 4.36. The fourth-order valence-corrected chi connectivity index (χ4v) is 3.10. The molecule has 1 atom stereocenters. The summed E-state index contributed by atoms with van der Waals surface area (Å²) in [6, 6.07) is 13.0. The van der Waals surface area contributed by atoms with E-state index in [9.17, 15) is 0 Å². The van der Waals surface area contributed by atoms with Crippen molar-refractivity contribution < 1.29 is 0 Å². The van der Waals surface area contributed by atoms with Gasteiger partial charge in [0.2, 0.25) is 0 Å². The number of hydrogen-bond donors (Lipinski definition) is 2. The second-order valence-corrected chi connectivity index (χ2v) is 6.37. The van der Waals surface area contributed by atoms with Crippen molar-refractivity contribution in [2.45, 2.75) is 32.5 Å². The summed E-state index contributed by atoms with van der Waals surface area (Å²) < 4.78 is 0. The molecule has 2 heterocycles. The van der Waals surface area contributed by atoms with E-state index in [-0.39, 0.29) is 0 Å². The second-order valence-electron chi connectivity index (χ2n) is 6.37. The Morgan fingerprint density at radius 2 is 2.12 bits per heavy atom. The first-order valence-corrected chi connectivity index (χ1v) is 8.75. The van der Waals surface area contributed by atoms with Crippen LogP contribution >= 0.6 is 0 Å². The van der Waals surface area contributed by atoms with E-state index in [1.54, 1.807) is 13.2 Å². The SMILES string of the molecule is CN=C(NCc1ccnc(C)n1)NC1CCN(Cc2ccccc2)C1. The Hall–Kier alpha value is -2.47. The van der Waals surface area contributed by atoms with Crippen LogP contribution in [0.25, 0.3) is 0 Å². The Kier molecular flexibility index (Phi) is 5.95. The summed E-state index contributed by atoms with van der Waals surface area (Å²) in [5, 5.41) is 6.85. The van der Waals surface area contributed by atoms with Gasteiger partial charge in [0.15, 0.2) is 5.96 Å². The third kappa shape index (κ3) is 5.26. The Morgan fingerprint density at radius 3 is 2.88 bits per heavy atom. The van der Waals surface area contributed by atoms with E-state index >= 15 is 0 Å². The molecule has 0 spiro atoms. The highest BCUT2D eigenvalue weighted by Gasteiger charge is 2.23. The lowest BCUT2D eigenvalue weighted by Crippen LogP contribution is -2.44. The number of aryl methyl sites for hydroxylation is 1. The smallest absolute Gasteiger partial charge is 0.191 e. The molecule has 1 aliphatic heterocycles. The van der Waals surface area contributed by atoms with Crippen molar-refractivity contribution in [3.63, 3.8) is 0 Å². The minimum Gasteiger partial charge on any atom is -0.352 e. The van der Waals surface area contributed by atoms with E-state index in [1.165, 1.54) is 5.56 Å². The van der Waals surface area contributed by atoms with E-state index in [0.717, 1.165) is 43.5 Å². The standard InChI is InChI=1S/C19H26N6/c1-15-21-10-8-17(23-15)12-22-19(20-2)24-18-9-11-25(14-18)13-16-6-4-3-5-7-16/h3-8,10,18H,9,11-14H2,1-2H3,(H2,20,22,24). The minimum absolute atomic E-state index is 0.419. The van der Waals surface area contributed by atoms with Gasteiger partial charge in [-0.1, -0.05) is 30.3 Å². The van der Waals surface area contributed by atoms with Gasteiger partial charge in [-0.2, -0.15) is 0 Å². The molecule has 1 unspecified atom stereocenters. The summed E-state index contributed by atoms with van der Waals surface area (Å²) in [5.41, 5.74) is 2.33. The number of benzene rings is 1. The molecule has 6 nitrogen and oxygen atoms in total. The number of likely N-dealkylation sites (tertiary alicyclic amines) is 1. The van der Waals surface area contributed by atoms with E-state index in [4.69, 9.17) is 0 Å². The van der Waals surface area contributed by atoms with Crippen LogP contribution in [0.4, 0.5) is 0 Å². The molecule has 132 valence electrons. The number of hydrogen-bond acceptors (Lipinski definition) is 4. The average molecular weight is 338 g/mol. The lowest BCUT2D eigenvalue weighted by Gasteiger charge is -2.19. The van der Waals surface area contributed by atoms with E-state index in [2.05, 4.69) is 60.8 Å². The molecule has 1 fully saturated rings. The molecule has 25 heavy (non-hydrogen) atoms. The molecule has 0 amide bonds. The molecule has 3 rings (SSSR count). The zero-order chi connectivity index (χ0) is 17.5. The van der Waals surface area contributed by atoms with Crippen LogP contribution in [0.15, 0.2) is 47.6 Å². The predicted molar refractivity (Wildman–Crippen MR) is 100 cm³/mol. The van der Waals surface area contributed by atoms with Crippen molar-refractivity contribution in [2.75, 3.05) is 20.1 Å². The molecule has 2 N–H and O–H groups in total. The van der Waals surface area contributed by atoms with Crippen molar-refractivity contribution in [1.82, 2.24) is 25.5 Å². The Labute approximate surface area is 149 Å². The Balaban J connectivity index is 1.46. The van der Waals surface area contributed by atoms with Gasteiger partial charge in [-0.25, -0.2) is 9.97 Å². The molecule has 0 saturated carbocycles. The fourth-order valence-electron chi connectivity index (χ4n) is 3.10. The van der Waals surface area contributed by atoms with Crippen molar-refractivity contribution >= 4 is 5.96 Å². The summed E-state index contributed by atoms with van der Waals surface area (Å²) in [5.74, 6) is 1.61. The van der Waals surface area contributed by atoms with Crippen LogP contribution in [-0.2, 0) is 13.1 Å². The zero-order valence-corrected chi connectivity index (χ0v) is 14.9. The van der Waals surface area contributed by atoms with Gasteiger partial charge in [-0.15, -0.1) is 0 Å². The first-order chi connectivity index (χ1) is 12.2. The van der Waals surface area contributed by atoms with Gasteiger partial charge in [0.05, 0.1) is 12.2 Å². The number of aliphatic imine (C=N–C) groups is 1. The van der Waals surface area contributed by atoms with Gasteiger partial charge in [0.1, 0.15) is 5.82 Å². The lowest BCUT2D eigenvalue weighted by atomic mass is 10.2. The van der Waals surface area contributed by atoms with Gasteiger partial charge >= 0.3 is 0 Å². The van der Waals surface area contributed by atoms with Crippen molar-refractivity contribution in [3.8, 4) is 0 Å². The maximum atomic E-state index is 4.41. The molecule has 0 aliphatic carbocycles. The first kappa shape index (κ1) is 17.4. The van der Waals surface area contributed by atoms with Crippen LogP contribution in [0.1, 0.15) is 23.5 Å². The van der Waals surface area contributed by atoms with Crippen LogP contribution in [0.2, 0.25) is 0 Å². The van der Waals surface area contributed by atoms with Gasteiger partial charge in [-0.05, 0) is 25.0 Å². The lowest BCUT2D eigenvalue weighted by molar-refractivity contribution is 0.324. The highest BCUT2D eigenvalue weighted by Crippen LogP contribution is 2.13. The molecule has 1 aromatic carbocycles. The molecule has 6 heteroatoms. The Morgan fingerprint density at radius 1 is 1.28 bits per heavy atom. The number of rotatable bonds is 5. The molecule has 0 bridgehead atoms. The van der Waals surface area contributed by atoms with Gasteiger partial charge in [0, 0.05) is 38.9 Å². The van der Waals surface area contributed by atoms with E-state index in [0.29, 0.717) is 12.6 Å². The van der Waals surface area contributed by atoms with Crippen LogP contribution in [0.5, 0.6) is 0 Å². The van der Waals surface area contributed by atoms with Crippen LogP contribution < -0.4 is 10.6 Å². The average Bonchev–Trinajstić information content (AvgIpc) is 3.06. The highest BCUT2D eigenvalue weighted by molar-refractivity contribution is 5.79. The van der Waals surface area contributed by atoms with Gasteiger partial charge < -0.3 is 10.6 Å². The first-order valence-electron chi connectivity index (χ1n) is 8.75. The monoisotopic (exact) mass is 338 g/mol. The van der Waals surface area contributed by atoms with Gasteiger partial charge in [0.25, 0.3) is 0 Å². The zero-order valence-electron chi connectivity index (χ0n) is 14.9. The van der Waals surface area contributed by atoms with Crippen molar-refractivity contribution in [1.29, 1.82) is 0 Å². The molecular weight excluding hydrogens is 312 g/mol. The van der Waals surface area contributed by atoms with Crippen LogP contribution in [0.3, 0.4) is 0 Å². The molecule has 0 radical (unpaired) electrons. The highest BCUT2D eigenvalue weighted by atomic mass is 15.2. The largest absolute Gasteiger partial charge is 0.352 e. The summed E-state index contributed by atoms with van der Waals surface area (Å²) >= 11 is 0. The fraction of sp³-hybridized carbons (Fsp3) is 0.421. The van der Waals surface area contributed by atoms with Crippen LogP contribution in [-0.4, -0.2) is 47.0 Å². The number of aromatic nitrogens is 2. The Bertz CT molecular complexity index is 700. The van der Waals surface area contributed by atoms with Gasteiger partial charge in [-0.3, -0.25) is 9.89 Å². The number of guanidine groups is 1. The second kappa shape index (κ2) is 8.58. The molecular formula is C19H26N6. The minimum atomic E-state index is 0.419. The summed E-state index contributed by atoms with van der Waals surface area (Å²) in [6.07, 6.45) is 2.91. The van der Waals surface area contributed by atoms with Crippen molar-refractivity contribution in [2.24, 2.45) is 4.99 Å². The molecule has 1 aliphatic rings. The molecule has 2 aromatic rings. The maximum Gasteiger partial charge on any atom is 0.191 e. The third-order valence-electron chi connectivity index (χ3n) is 4.36. The summed E-state index contributed by atoms with van der Waals surface area (Å²) in [6.45, 7) is 5.68. The van der Waals surface area contributed by atoms with E-state index in [1.807, 2.05) is 13.0 Å². The van der Waals surface area contributed by atoms with Crippen molar-refractivity contribution in [3.05, 3.63) is 59.7 Å². The number of nitrogens with zero attached hydrogens (tertiary/aromatic N) is 4. The summed E-state index contributed by atoms with van der Waals surface area (Å²) in [4.78, 5) is 15.3. The van der Waals surface area contributed by atoms with E-state index < -0.39 is 0 Å².